The number of aryl methyl sites for hydroxylation is 1. The van der Waals surface area contributed by atoms with Gasteiger partial charge in [-0.3, -0.25) is 9.59 Å². The maximum atomic E-state index is 13.3. The van der Waals surface area contributed by atoms with Crippen LogP contribution in [0.1, 0.15) is 36.5 Å². The number of benzene rings is 2. The molecule has 0 saturated carbocycles. The summed E-state index contributed by atoms with van der Waals surface area (Å²) in [4.78, 5) is 29.3. The first-order valence-corrected chi connectivity index (χ1v) is 9.94. The third-order valence-corrected chi connectivity index (χ3v) is 4.85. The van der Waals surface area contributed by atoms with Gasteiger partial charge >= 0.3 is 5.97 Å². The average molecular weight is 397 g/mol. The number of esters is 1. The Morgan fingerprint density at radius 3 is 2.13 bits per heavy atom. The SMILES string of the molecule is [C-]#[N+]C(C(=O)OCCCC)=C1C=C(c2ccccc2)C(=O)C(c2ccc(C)cc2)=C1. The number of ketones is 1. The zero-order chi connectivity index (χ0) is 21.5. The molecule has 30 heavy (non-hydrogen) atoms. The van der Waals surface area contributed by atoms with Gasteiger partial charge in [-0.1, -0.05) is 85.7 Å². The second-order valence-electron chi connectivity index (χ2n) is 7.08. The Hall–Kier alpha value is -3.71. The number of hydrogen-bond acceptors (Lipinski definition) is 3. The molecule has 4 heteroatoms. The summed E-state index contributed by atoms with van der Waals surface area (Å²) >= 11 is 0. The van der Waals surface area contributed by atoms with E-state index in [1.807, 2.05) is 68.4 Å². The number of carbonyl (C=O) groups is 2. The van der Waals surface area contributed by atoms with Gasteiger partial charge in [-0.25, -0.2) is 4.85 Å². The van der Waals surface area contributed by atoms with E-state index in [-0.39, 0.29) is 18.1 Å². The Bertz CT molecular complexity index is 1080. The molecule has 150 valence electrons. The number of nitrogens with zero attached hydrogens (tertiary/aromatic N) is 1. The minimum Gasteiger partial charge on any atom is -0.471 e. The van der Waals surface area contributed by atoms with Crippen molar-refractivity contribution in [3.05, 3.63) is 106 Å². The maximum Gasteiger partial charge on any atom is 0.336 e. The molecule has 0 atom stereocenters. The molecule has 3 rings (SSSR count). The van der Waals surface area contributed by atoms with E-state index in [1.54, 1.807) is 12.2 Å². The van der Waals surface area contributed by atoms with Crippen LogP contribution in [0.5, 0.6) is 0 Å². The van der Waals surface area contributed by atoms with Crippen LogP contribution in [0.4, 0.5) is 0 Å². The van der Waals surface area contributed by atoms with Crippen molar-refractivity contribution < 1.29 is 14.3 Å². The summed E-state index contributed by atoms with van der Waals surface area (Å²) in [7, 11) is 0. The summed E-state index contributed by atoms with van der Waals surface area (Å²) in [5.74, 6) is -0.802. The Kier molecular flexibility index (Phi) is 6.77. The highest BCUT2D eigenvalue weighted by Gasteiger charge is 2.26. The minimum atomic E-state index is -0.661. The van der Waals surface area contributed by atoms with E-state index in [0.717, 1.165) is 29.5 Å². The smallest absolute Gasteiger partial charge is 0.336 e. The first-order chi connectivity index (χ1) is 14.5. The highest BCUT2D eigenvalue weighted by Crippen LogP contribution is 2.33. The molecule has 2 aromatic carbocycles. The Labute approximate surface area is 177 Å². The lowest BCUT2D eigenvalue weighted by Gasteiger charge is -2.18. The van der Waals surface area contributed by atoms with Crippen LogP contribution >= 0.6 is 0 Å². The molecule has 1 aliphatic carbocycles. The molecule has 0 fully saturated rings. The van der Waals surface area contributed by atoms with E-state index in [0.29, 0.717) is 16.7 Å². The second-order valence-corrected chi connectivity index (χ2v) is 7.08. The van der Waals surface area contributed by atoms with Crippen molar-refractivity contribution >= 4 is 22.9 Å². The largest absolute Gasteiger partial charge is 0.471 e. The molecule has 0 aliphatic heterocycles. The van der Waals surface area contributed by atoms with Crippen molar-refractivity contribution in [3.8, 4) is 0 Å². The molecular formula is C26H23NO3. The van der Waals surface area contributed by atoms with Gasteiger partial charge in [0, 0.05) is 11.1 Å². The Balaban J connectivity index is 2.13. The van der Waals surface area contributed by atoms with Crippen LogP contribution in [0.25, 0.3) is 16.0 Å². The van der Waals surface area contributed by atoms with Gasteiger partial charge in [0.25, 0.3) is 5.70 Å². The molecule has 4 nitrogen and oxygen atoms in total. The zero-order valence-electron chi connectivity index (χ0n) is 17.1. The first kappa shape index (κ1) is 21.0. The molecule has 0 amide bonds. The van der Waals surface area contributed by atoms with E-state index in [1.165, 1.54) is 0 Å². The lowest BCUT2D eigenvalue weighted by molar-refractivity contribution is -0.138. The number of unbranched alkanes of at least 4 members (excludes halogenated alkanes) is 1. The number of Topliss-reactive ketones (excluding diaryl/α,β-unsaturated/α-hetero) is 1. The van der Waals surface area contributed by atoms with Crippen LogP contribution in [0.15, 0.2) is 78.0 Å². The van der Waals surface area contributed by atoms with E-state index in [9.17, 15) is 9.59 Å². The van der Waals surface area contributed by atoms with E-state index >= 15 is 0 Å². The fourth-order valence-electron chi connectivity index (χ4n) is 3.15. The summed E-state index contributed by atoms with van der Waals surface area (Å²) < 4.78 is 5.26. The minimum absolute atomic E-state index is 0.114. The molecule has 0 heterocycles. The second kappa shape index (κ2) is 9.67. The van der Waals surface area contributed by atoms with Gasteiger partial charge in [-0.15, -0.1) is 0 Å². The van der Waals surface area contributed by atoms with Gasteiger partial charge in [0.05, 0.1) is 13.2 Å². The molecule has 1 aliphatic rings. The van der Waals surface area contributed by atoms with Gasteiger partial charge in [0.1, 0.15) is 0 Å². The molecule has 0 N–H and O–H groups in total. The summed E-state index contributed by atoms with van der Waals surface area (Å²) in [6.07, 6.45) is 4.86. The molecule has 0 unspecified atom stereocenters. The van der Waals surface area contributed by atoms with Crippen molar-refractivity contribution in [2.75, 3.05) is 6.61 Å². The molecule has 2 aromatic rings. The van der Waals surface area contributed by atoms with Gasteiger partial charge in [0.2, 0.25) is 0 Å². The normalized spacial score (nSPS) is 15.0. The van der Waals surface area contributed by atoms with Crippen molar-refractivity contribution in [3.63, 3.8) is 0 Å². The monoisotopic (exact) mass is 397 g/mol. The molecule has 0 saturated heterocycles. The highest BCUT2D eigenvalue weighted by atomic mass is 16.5. The first-order valence-electron chi connectivity index (χ1n) is 9.94. The lowest BCUT2D eigenvalue weighted by Crippen LogP contribution is -2.13. The summed E-state index contributed by atoms with van der Waals surface area (Å²) in [5.41, 5.74) is 3.74. The third kappa shape index (κ3) is 4.64. The fourth-order valence-corrected chi connectivity index (χ4v) is 3.15. The van der Waals surface area contributed by atoms with Gasteiger partial charge in [-0.05, 0) is 30.0 Å². The fraction of sp³-hybridized carbons (Fsp3) is 0.192. The maximum absolute atomic E-state index is 13.3. The lowest BCUT2D eigenvalue weighted by atomic mass is 9.85. The van der Waals surface area contributed by atoms with Crippen LogP contribution in [0.3, 0.4) is 0 Å². The van der Waals surface area contributed by atoms with Gasteiger partial charge < -0.3 is 4.74 Å². The third-order valence-electron chi connectivity index (χ3n) is 4.85. The van der Waals surface area contributed by atoms with Crippen LogP contribution < -0.4 is 0 Å². The summed E-state index contributed by atoms with van der Waals surface area (Å²) in [6.45, 7) is 11.8. The predicted molar refractivity (Wildman–Crippen MR) is 118 cm³/mol. The van der Waals surface area contributed by atoms with Crippen LogP contribution in [0, 0.1) is 13.5 Å². The Morgan fingerprint density at radius 1 is 0.967 bits per heavy atom. The quantitative estimate of drug-likeness (QED) is 0.277. The number of carbonyl (C=O) groups excluding carboxylic acids is 2. The molecule has 0 radical (unpaired) electrons. The average Bonchev–Trinajstić information content (AvgIpc) is 2.76. The van der Waals surface area contributed by atoms with Gasteiger partial charge in [0.15, 0.2) is 5.78 Å². The number of allylic oxidation sites excluding steroid dienone is 5. The summed E-state index contributed by atoms with van der Waals surface area (Å²) in [6, 6.07) is 16.9. The standard InChI is InChI=1S/C26H23NO3/c1-4-5-15-30-26(29)24(27-3)21-16-22(19-9-7-6-8-10-19)25(28)23(17-21)20-13-11-18(2)12-14-20/h6-14,16-17H,4-5,15H2,1-2H3. The van der Waals surface area contributed by atoms with Gasteiger partial charge in [-0.2, -0.15) is 0 Å². The van der Waals surface area contributed by atoms with Crippen molar-refractivity contribution in [1.29, 1.82) is 0 Å². The number of hydrogen-bond donors (Lipinski definition) is 0. The van der Waals surface area contributed by atoms with Crippen LogP contribution in [-0.4, -0.2) is 18.4 Å². The van der Waals surface area contributed by atoms with Crippen molar-refractivity contribution in [2.45, 2.75) is 26.7 Å². The van der Waals surface area contributed by atoms with E-state index in [2.05, 4.69) is 4.85 Å². The molecule has 0 spiro atoms. The highest BCUT2D eigenvalue weighted by molar-refractivity contribution is 6.44. The predicted octanol–water partition coefficient (Wildman–Crippen LogP) is 5.56. The number of rotatable bonds is 6. The van der Waals surface area contributed by atoms with Crippen LogP contribution in [0.2, 0.25) is 0 Å². The topological polar surface area (TPSA) is 47.7 Å². The zero-order valence-corrected chi connectivity index (χ0v) is 17.1. The van der Waals surface area contributed by atoms with E-state index < -0.39 is 5.97 Å². The van der Waals surface area contributed by atoms with Crippen molar-refractivity contribution in [1.82, 2.24) is 0 Å². The van der Waals surface area contributed by atoms with Crippen LogP contribution in [-0.2, 0) is 14.3 Å². The van der Waals surface area contributed by atoms with Crippen molar-refractivity contribution in [2.24, 2.45) is 0 Å². The molecule has 0 bridgehead atoms. The van der Waals surface area contributed by atoms with E-state index in [4.69, 9.17) is 11.3 Å². The Morgan fingerprint density at radius 2 is 1.57 bits per heavy atom. The molecular weight excluding hydrogens is 374 g/mol. The number of ether oxygens (including phenoxy) is 1. The summed E-state index contributed by atoms with van der Waals surface area (Å²) in [5, 5.41) is 0. The molecule has 0 aromatic heterocycles.